The molecule has 1 aliphatic heterocycles. The average molecular weight is 432 g/mol. The Morgan fingerprint density at radius 2 is 1.94 bits per heavy atom. The first-order valence-electron chi connectivity index (χ1n) is 10.6. The Kier molecular flexibility index (Phi) is 6.69. The van der Waals surface area contributed by atoms with Crippen LogP contribution in [0.2, 0.25) is 0 Å². The van der Waals surface area contributed by atoms with Gasteiger partial charge < -0.3 is 19.2 Å². The van der Waals surface area contributed by atoms with Crippen molar-refractivity contribution in [2.45, 2.75) is 45.0 Å². The zero-order valence-corrected chi connectivity index (χ0v) is 17.6. The Hall–Kier alpha value is -3.81. The van der Waals surface area contributed by atoms with Crippen LogP contribution in [-0.4, -0.2) is 44.4 Å². The second kappa shape index (κ2) is 10.00. The van der Waals surface area contributed by atoms with Gasteiger partial charge in [0.1, 0.15) is 30.6 Å². The van der Waals surface area contributed by atoms with E-state index in [9.17, 15) is 14.4 Å². The smallest absolute Gasteiger partial charge is 0.255 e. The van der Waals surface area contributed by atoms with Gasteiger partial charge in [-0.15, -0.1) is 5.10 Å². The van der Waals surface area contributed by atoms with Crippen molar-refractivity contribution in [3.8, 4) is 5.75 Å². The van der Waals surface area contributed by atoms with E-state index in [2.05, 4.69) is 22.4 Å². The van der Waals surface area contributed by atoms with E-state index >= 15 is 0 Å². The Bertz CT molecular complexity index is 1100. The molecule has 3 aromatic rings. The highest BCUT2D eigenvalue weighted by molar-refractivity contribution is 6.00. The quantitative estimate of drug-likeness (QED) is 0.432. The molecule has 2 aromatic carbocycles. The maximum Gasteiger partial charge on any atom is 0.255 e. The van der Waals surface area contributed by atoms with Crippen molar-refractivity contribution in [2.24, 2.45) is 0 Å². The highest BCUT2D eigenvalue weighted by Crippen LogP contribution is 2.32. The van der Waals surface area contributed by atoms with E-state index < -0.39 is 6.04 Å². The molecule has 8 heteroatoms. The van der Waals surface area contributed by atoms with Gasteiger partial charge in [-0.25, -0.2) is 0 Å². The normalized spacial score (nSPS) is 13.6. The van der Waals surface area contributed by atoms with Crippen LogP contribution in [0.4, 0.5) is 0 Å². The van der Waals surface area contributed by atoms with Crippen LogP contribution in [0.5, 0.6) is 5.75 Å². The van der Waals surface area contributed by atoms with E-state index in [4.69, 9.17) is 4.74 Å². The van der Waals surface area contributed by atoms with Crippen molar-refractivity contribution in [3.05, 3.63) is 77.1 Å². The largest absolute Gasteiger partial charge is 0.487 e. The fourth-order valence-corrected chi connectivity index (χ4v) is 3.82. The van der Waals surface area contributed by atoms with Crippen LogP contribution in [0.25, 0.3) is 0 Å². The second-order valence-corrected chi connectivity index (χ2v) is 7.66. The average Bonchev–Trinajstić information content (AvgIpc) is 3.42. The minimum atomic E-state index is -0.627. The van der Waals surface area contributed by atoms with Gasteiger partial charge in [-0.2, -0.15) is 0 Å². The standard InChI is InChI=1S/C24H24N4O4/c29-13-5-8-20(16-30)28-15-22-21(24(28)31)9-4-10-23(22)32-17-19-14-27(26-25-19)12-11-18-6-2-1-3-7-18/h1-4,6-7,9-10,13-14,16,20H,5,8,11-12,15,17H2. The molecule has 1 aromatic heterocycles. The van der Waals surface area contributed by atoms with E-state index in [0.29, 0.717) is 23.4 Å². The number of aldehydes is 2. The first kappa shape index (κ1) is 21.4. The molecule has 0 saturated heterocycles. The molecular formula is C24H24N4O4. The van der Waals surface area contributed by atoms with Gasteiger partial charge in [-0.3, -0.25) is 9.48 Å². The number of ether oxygens (including phenoxy) is 1. The van der Waals surface area contributed by atoms with Crippen LogP contribution in [0, 0.1) is 0 Å². The molecule has 1 unspecified atom stereocenters. The number of amides is 1. The summed E-state index contributed by atoms with van der Waals surface area (Å²) in [7, 11) is 0. The third-order valence-electron chi connectivity index (χ3n) is 5.52. The molecule has 0 spiro atoms. The zero-order valence-electron chi connectivity index (χ0n) is 17.6. The van der Waals surface area contributed by atoms with Gasteiger partial charge in [0.2, 0.25) is 0 Å². The lowest BCUT2D eigenvalue weighted by atomic mass is 10.1. The van der Waals surface area contributed by atoms with Gasteiger partial charge in [-0.1, -0.05) is 41.6 Å². The van der Waals surface area contributed by atoms with Crippen molar-refractivity contribution in [3.63, 3.8) is 0 Å². The molecule has 164 valence electrons. The maximum absolute atomic E-state index is 12.8. The number of aryl methyl sites for hydroxylation is 2. The molecule has 32 heavy (non-hydrogen) atoms. The molecular weight excluding hydrogens is 408 g/mol. The topological polar surface area (TPSA) is 94.4 Å². The fourth-order valence-electron chi connectivity index (χ4n) is 3.82. The van der Waals surface area contributed by atoms with Crippen molar-refractivity contribution >= 4 is 18.5 Å². The second-order valence-electron chi connectivity index (χ2n) is 7.66. The van der Waals surface area contributed by atoms with E-state index in [1.165, 1.54) is 10.5 Å². The van der Waals surface area contributed by atoms with Crippen LogP contribution in [0.15, 0.2) is 54.7 Å². The van der Waals surface area contributed by atoms with Gasteiger partial charge in [0.25, 0.3) is 5.91 Å². The number of fused-ring (bicyclic) bond motifs is 1. The predicted molar refractivity (Wildman–Crippen MR) is 116 cm³/mol. The Morgan fingerprint density at radius 3 is 2.72 bits per heavy atom. The van der Waals surface area contributed by atoms with Crippen molar-refractivity contribution < 1.29 is 19.1 Å². The van der Waals surface area contributed by atoms with E-state index in [1.807, 2.05) is 24.4 Å². The van der Waals surface area contributed by atoms with Crippen LogP contribution in [0.1, 0.15) is 40.0 Å². The molecule has 2 heterocycles. The number of hydrogen-bond acceptors (Lipinski definition) is 6. The molecule has 1 amide bonds. The van der Waals surface area contributed by atoms with Gasteiger partial charge in [0.05, 0.1) is 18.8 Å². The van der Waals surface area contributed by atoms with Gasteiger partial charge >= 0.3 is 0 Å². The fraction of sp³-hybridized carbons (Fsp3) is 0.292. The number of rotatable bonds is 11. The number of benzene rings is 2. The Labute approximate surface area is 185 Å². The lowest BCUT2D eigenvalue weighted by Gasteiger charge is -2.22. The predicted octanol–water partition coefficient (Wildman–Crippen LogP) is 2.60. The summed E-state index contributed by atoms with van der Waals surface area (Å²) in [6, 6.07) is 14.8. The summed E-state index contributed by atoms with van der Waals surface area (Å²) in [6.45, 7) is 1.21. The minimum Gasteiger partial charge on any atom is -0.487 e. The lowest BCUT2D eigenvalue weighted by molar-refractivity contribution is -0.112. The summed E-state index contributed by atoms with van der Waals surface area (Å²) in [5, 5.41) is 8.33. The van der Waals surface area contributed by atoms with Crippen LogP contribution < -0.4 is 4.74 Å². The van der Waals surface area contributed by atoms with Crippen molar-refractivity contribution in [1.29, 1.82) is 0 Å². The van der Waals surface area contributed by atoms with Crippen LogP contribution >= 0.6 is 0 Å². The third-order valence-corrected chi connectivity index (χ3v) is 5.52. The lowest BCUT2D eigenvalue weighted by Crippen LogP contribution is -2.36. The molecule has 0 saturated carbocycles. The monoisotopic (exact) mass is 432 g/mol. The SMILES string of the molecule is O=CCCC(C=O)N1Cc2c(OCc3cn(CCc4ccccc4)nn3)cccc2C1=O. The number of aromatic nitrogens is 3. The zero-order chi connectivity index (χ0) is 22.3. The summed E-state index contributed by atoms with van der Waals surface area (Å²) < 4.78 is 7.75. The number of nitrogens with zero attached hydrogens (tertiary/aromatic N) is 4. The molecule has 1 aliphatic rings. The van der Waals surface area contributed by atoms with Crippen LogP contribution in [-0.2, 0) is 35.7 Å². The summed E-state index contributed by atoms with van der Waals surface area (Å²) in [5.41, 5.74) is 3.18. The van der Waals surface area contributed by atoms with Gasteiger partial charge in [-0.05, 0) is 30.5 Å². The van der Waals surface area contributed by atoms with Crippen molar-refractivity contribution in [1.82, 2.24) is 19.9 Å². The highest BCUT2D eigenvalue weighted by atomic mass is 16.5. The molecule has 8 nitrogen and oxygen atoms in total. The summed E-state index contributed by atoms with van der Waals surface area (Å²) in [5.74, 6) is 0.359. The molecule has 0 aliphatic carbocycles. The van der Waals surface area contributed by atoms with E-state index in [0.717, 1.165) is 31.1 Å². The van der Waals surface area contributed by atoms with E-state index in [1.54, 1.807) is 22.9 Å². The van der Waals surface area contributed by atoms with Crippen molar-refractivity contribution in [2.75, 3.05) is 0 Å². The minimum absolute atomic E-state index is 0.220. The molecule has 4 rings (SSSR count). The first-order chi connectivity index (χ1) is 15.7. The maximum atomic E-state index is 12.8. The summed E-state index contributed by atoms with van der Waals surface area (Å²) in [4.78, 5) is 36.4. The number of hydrogen-bond donors (Lipinski definition) is 0. The number of carbonyl (C=O) groups excluding carboxylic acids is 3. The number of carbonyl (C=O) groups is 3. The van der Waals surface area contributed by atoms with Crippen LogP contribution in [0.3, 0.4) is 0 Å². The first-order valence-corrected chi connectivity index (χ1v) is 10.6. The summed E-state index contributed by atoms with van der Waals surface area (Å²) in [6.07, 6.45) is 4.73. The Balaban J connectivity index is 1.39. The molecule has 0 fully saturated rings. The summed E-state index contributed by atoms with van der Waals surface area (Å²) >= 11 is 0. The molecule has 0 bridgehead atoms. The highest BCUT2D eigenvalue weighted by Gasteiger charge is 2.34. The molecule has 0 radical (unpaired) electrons. The molecule has 0 N–H and O–H groups in total. The Morgan fingerprint density at radius 1 is 1.09 bits per heavy atom. The van der Waals surface area contributed by atoms with Gasteiger partial charge in [0.15, 0.2) is 0 Å². The molecule has 1 atom stereocenters. The van der Waals surface area contributed by atoms with E-state index in [-0.39, 0.29) is 25.5 Å². The van der Waals surface area contributed by atoms with Gasteiger partial charge in [0, 0.05) is 24.1 Å². The third kappa shape index (κ3) is 4.74.